The Morgan fingerprint density at radius 1 is 1.20 bits per heavy atom. The van der Waals surface area contributed by atoms with E-state index in [0.29, 0.717) is 16.8 Å². The van der Waals surface area contributed by atoms with Crippen molar-refractivity contribution in [3.8, 4) is 22.9 Å². The van der Waals surface area contributed by atoms with Gasteiger partial charge < -0.3 is 14.4 Å². The number of nitriles is 1. The molecule has 10 heteroatoms. The zero-order valence-electron chi connectivity index (χ0n) is 23.5. The summed E-state index contributed by atoms with van der Waals surface area (Å²) in [6, 6.07) is 10.2. The van der Waals surface area contributed by atoms with Crippen molar-refractivity contribution in [2.75, 3.05) is 13.1 Å². The molecule has 2 aliphatic rings. The van der Waals surface area contributed by atoms with Crippen LogP contribution in [0.15, 0.2) is 49.1 Å². The number of rotatable bonds is 5. The average molecular weight is 540 g/mol. The number of likely N-dealkylation sites (tertiary alicyclic amines) is 1. The Kier molecular flexibility index (Phi) is 6.06. The van der Waals surface area contributed by atoms with Crippen LogP contribution in [-0.2, 0) is 4.74 Å². The molecular formula is C30H33N7O3. The number of pyridine rings is 2. The monoisotopic (exact) mass is 539 g/mol. The first kappa shape index (κ1) is 25.9. The summed E-state index contributed by atoms with van der Waals surface area (Å²) in [5.41, 5.74) is 4.48. The second-order valence-corrected chi connectivity index (χ2v) is 12.1. The van der Waals surface area contributed by atoms with Crippen LogP contribution >= 0.6 is 0 Å². The van der Waals surface area contributed by atoms with E-state index < -0.39 is 5.60 Å². The van der Waals surface area contributed by atoms with Crippen molar-refractivity contribution in [1.29, 1.82) is 5.26 Å². The maximum absolute atomic E-state index is 12.4. The SMILES string of the molecule is Cc1c(-c2cc(O[C@H](C)c3ccccn3)c3c(C#N)cnn3c2)cnn1C1CC2(C1)CN(C(=O)OC(C)(C)C)C2. The molecule has 1 saturated heterocycles. The quantitative estimate of drug-likeness (QED) is 0.330. The largest absolute Gasteiger partial charge is 0.482 e. The number of nitrogens with zero attached hydrogens (tertiary/aromatic N) is 7. The lowest BCUT2D eigenvalue weighted by Gasteiger charge is -2.58. The Morgan fingerprint density at radius 3 is 2.65 bits per heavy atom. The van der Waals surface area contributed by atoms with Gasteiger partial charge in [0.05, 0.1) is 24.1 Å². The van der Waals surface area contributed by atoms with Gasteiger partial charge in [0.1, 0.15) is 34.6 Å². The molecule has 1 spiro atoms. The summed E-state index contributed by atoms with van der Waals surface area (Å²) in [7, 11) is 0. The number of fused-ring (bicyclic) bond motifs is 1. The van der Waals surface area contributed by atoms with Gasteiger partial charge >= 0.3 is 6.09 Å². The number of amides is 1. The summed E-state index contributed by atoms with van der Waals surface area (Å²) in [6.07, 6.45) is 8.50. The average Bonchev–Trinajstić information content (AvgIpc) is 3.45. The van der Waals surface area contributed by atoms with Crippen LogP contribution in [0, 0.1) is 23.7 Å². The Balaban J connectivity index is 1.22. The molecule has 2 fully saturated rings. The van der Waals surface area contributed by atoms with E-state index in [1.807, 2.05) is 64.4 Å². The third-order valence-electron chi connectivity index (χ3n) is 7.85. The fourth-order valence-corrected chi connectivity index (χ4v) is 5.94. The van der Waals surface area contributed by atoms with Gasteiger partial charge in [-0.25, -0.2) is 9.31 Å². The van der Waals surface area contributed by atoms with Gasteiger partial charge in [0.2, 0.25) is 0 Å². The highest BCUT2D eigenvalue weighted by atomic mass is 16.6. The lowest BCUT2D eigenvalue weighted by atomic mass is 9.61. The second-order valence-electron chi connectivity index (χ2n) is 12.1. The van der Waals surface area contributed by atoms with Crippen LogP contribution in [0.2, 0.25) is 0 Å². The van der Waals surface area contributed by atoms with Crippen molar-refractivity contribution < 1.29 is 14.3 Å². The van der Waals surface area contributed by atoms with Gasteiger partial charge in [-0.15, -0.1) is 0 Å². The molecule has 0 radical (unpaired) electrons. The summed E-state index contributed by atoms with van der Waals surface area (Å²) < 4.78 is 15.7. The number of carbonyl (C=O) groups is 1. The van der Waals surface area contributed by atoms with Gasteiger partial charge in [0, 0.05) is 47.7 Å². The van der Waals surface area contributed by atoms with Crippen molar-refractivity contribution in [3.63, 3.8) is 0 Å². The van der Waals surface area contributed by atoms with Crippen molar-refractivity contribution in [3.05, 3.63) is 66.0 Å². The molecule has 40 heavy (non-hydrogen) atoms. The summed E-state index contributed by atoms with van der Waals surface area (Å²) in [4.78, 5) is 18.6. The highest BCUT2D eigenvalue weighted by molar-refractivity contribution is 5.76. The zero-order valence-corrected chi connectivity index (χ0v) is 23.5. The third kappa shape index (κ3) is 4.55. The van der Waals surface area contributed by atoms with Crippen LogP contribution in [-0.4, -0.2) is 54.1 Å². The molecule has 0 unspecified atom stereocenters. The lowest BCUT2D eigenvalue weighted by Crippen LogP contribution is -2.64. The van der Waals surface area contributed by atoms with E-state index in [1.165, 1.54) is 0 Å². The zero-order chi connectivity index (χ0) is 28.2. The van der Waals surface area contributed by atoms with E-state index in [0.717, 1.165) is 48.4 Å². The van der Waals surface area contributed by atoms with Gasteiger partial charge in [-0.2, -0.15) is 15.5 Å². The highest BCUT2D eigenvalue weighted by Crippen LogP contribution is 2.54. The van der Waals surface area contributed by atoms with E-state index in [9.17, 15) is 10.1 Å². The van der Waals surface area contributed by atoms with Crippen molar-refractivity contribution >= 4 is 11.6 Å². The third-order valence-corrected chi connectivity index (χ3v) is 7.85. The van der Waals surface area contributed by atoms with Crippen molar-refractivity contribution in [1.82, 2.24) is 29.3 Å². The minimum atomic E-state index is -0.485. The minimum absolute atomic E-state index is 0.157. The van der Waals surface area contributed by atoms with E-state index in [2.05, 4.69) is 27.8 Å². The van der Waals surface area contributed by atoms with Gasteiger partial charge in [-0.3, -0.25) is 9.67 Å². The fourth-order valence-electron chi connectivity index (χ4n) is 5.94. The Hall–Kier alpha value is -4.39. The summed E-state index contributed by atoms with van der Waals surface area (Å²) in [5, 5.41) is 18.9. The Bertz CT molecular complexity index is 1610. The van der Waals surface area contributed by atoms with Gasteiger partial charge in [-0.1, -0.05) is 6.07 Å². The van der Waals surface area contributed by atoms with Gasteiger partial charge in [0.15, 0.2) is 0 Å². The molecule has 4 aromatic heterocycles. The van der Waals surface area contributed by atoms with Crippen LogP contribution in [0.25, 0.3) is 16.6 Å². The van der Waals surface area contributed by atoms with Crippen LogP contribution in [0.5, 0.6) is 5.75 Å². The van der Waals surface area contributed by atoms with Crippen LogP contribution in [0.4, 0.5) is 4.79 Å². The predicted molar refractivity (Wildman–Crippen MR) is 148 cm³/mol. The van der Waals surface area contributed by atoms with Crippen LogP contribution in [0.3, 0.4) is 0 Å². The van der Waals surface area contributed by atoms with Crippen LogP contribution in [0.1, 0.15) is 69.6 Å². The smallest absolute Gasteiger partial charge is 0.410 e. The number of hydrogen-bond acceptors (Lipinski definition) is 7. The fraction of sp³-hybridized carbons (Fsp3) is 0.433. The number of ether oxygens (including phenoxy) is 2. The van der Waals surface area contributed by atoms with Gasteiger partial charge in [0.25, 0.3) is 0 Å². The Morgan fingerprint density at radius 2 is 1.98 bits per heavy atom. The molecule has 6 rings (SSSR count). The normalized spacial score (nSPS) is 17.2. The molecule has 0 aromatic carbocycles. The Labute approximate surface area is 233 Å². The number of carbonyl (C=O) groups excluding carboxylic acids is 1. The maximum Gasteiger partial charge on any atom is 0.410 e. The summed E-state index contributed by atoms with van der Waals surface area (Å²) in [6.45, 7) is 11.2. The standard InChI is InChI=1S/C30H33N7O3/c1-19-24(15-34-37(19)23-11-30(12-23)17-35(18-30)28(38)40-29(3,4)5)21-10-26(27-22(13-31)14-33-36(27)16-21)39-20(2)25-8-6-7-9-32-25/h6-10,14-16,20,23H,11-12,17-18H2,1-5H3/t20-/m1/s1. The molecule has 1 atom stereocenters. The molecular weight excluding hydrogens is 506 g/mol. The molecule has 1 saturated carbocycles. The number of aromatic nitrogens is 5. The molecule has 5 heterocycles. The molecule has 1 aliphatic carbocycles. The van der Waals surface area contributed by atoms with Gasteiger partial charge in [-0.05, 0) is 65.7 Å². The summed E-state index contributed by atoms with van der Waals surface area (Å²) in [5.74, 6) is 0.566. The van der Waals surface area contributed by atoms with E-state index in [1.54, 1.807) is 21.8 Å². The molecule has 1 aliphatic heterocycles. The molecule has 1 amide bonds. The topological polar surface area (TPSA) is 111 Å². The molecule has 0 N–H and O–H groups in total. The summed E-state index contributed by atoms with van der Waals surface area (Å²) >= 11 is 0. The van der Waals surface area contributed by atoms with Crippen LogP contribution < -0.4 is 4.74 Å². The van der Waals surface area contributed by atoms with Crippen molar-refractivity contribution in [2.24, 2.45) is 5.41 Å². The van der Waals surface area contributed by atoms with E-state index in [4.69, 9.17) is 14.6 Å². The molecule has 206 valence electrons. The first-order chi connectivity index (χ1) is 19.1. The number of hydrogen-bond donors (Lipinski definition) is 0. The molecule has 0 bridgehead atoms. The van der Waals surface area contributed by atoms with E-state index >= 15 is 0 Å². The first-order valence-corrected chi connectivity index (χ1v) is 13.6. The predicted octanol–water partition coefficient (Wildman–Crippen LogP) is 5.48. The molecule has 10 nitrogen and oxygen atoms in total. The first-order valence-electron chi connectivity index (χ1n) is 13.6. The minimum Gasteiger partial charge on any atom is -0.482 e. The van der Waals surface area contributed by atoms with E-state index in [-0.39, 0.29) is 23.7 Å². The van der Waals surface area contributed by atoms with Crippen molar-refractivity contribution in [2.45, 2.75) is 65.2 Å². The second kappa shape index (κ2) is 9.37. The lowest BCUT2D eigenvalue weighted by molar-refractivity contribution is -0.0931. The highest BCUT2D eigenvalue weighted by Gasteiger charge is 2.55. The molecule has 4 aromatic rings. The maximum atomic E-state index is 12.4.